The molecule has 0 spiro atoms. The molecule has 0 atom stereocenters. The summed E-state index contributed by atoms with van der Waals surface area (Å²) in [5.41, 5.74) is -0.430. The van der Waals surface area contributed by atoms with E-state index in [0.29, 0.717) is 31.7 Å². The molecule has 2 N–H and O–H groups in total. The van der Waals surface area contributed by atoms with E-state index in [4.69, 9.17) is 4.74 Å². The van der Waals surface area contributed by atoms with Gasteiger partial charge in [-0.2, -0.15) is 0 Å². The molecule has 0 bridgehead atoms. The van der Waals surface area contributed by atoms with Crippen molar-refractivity contribution in [3.05, 3.63) is 22.4 Å². The molecule has 0 unspecified atom stereocenters. The molecule has 1 aliphatic rings. The van der Waals surface area contributed by atoms with Crippen molar-refractivity contribution in [3.8, 4) is 0 Å². The third kappa shape index (κ3) is 3.04. The van der Waals surface area contributed by atoms with Gasteiger partial charge in [-0.15, -0.1) is 0 Å². The van der Waals surface area contributed by atoms with Crippen LogP contribution in [0.4, 0.5) is 0 Å². The Morgan fingerprint density at radius 1 is 1.50 bits per heavy atom. The second-order valence-corrected chi connectivity index (χ2v) is 5.95. The van der Waals surface area contributed by atoms with Gasteiger partial charge in [-0.3, -0.25) is 9.59 Å². The zero-order valence-electron chi connectivity index (χ0n) is 11.2. The van der Waals surface area contributed by atoms with E-state index in [0.717, 1.165) is 4.47 Å². The molecule has 110 valence electrons. The van der Waals surface area contributed by atoms with Gasteiger partial charge in [0.25, 0.3) is 5.91 Å². The maximum atomic E-state index is 12.1. The molecule has 1 saturated heterocycles. The Hall–Kier alpha value is -1.34. The lowest BCUT2D eigenvalue weighted by Gasteiger charge is -2.33. The standard InChI is InChI=1S/C13H17BrN2O4/c1-16-7-9(14)6-10(16)11(17)15-8-13(12(18)19)2-4-20-5-3-13/h6-7H,2-5,8H2,1H3,(H,15,17)(H,18,19). The fraction of sp³-hybridized carbons (Fsp3) is 0.538. The van der Waals surface area contributed by atoms with E-state index in [-0.39, 0.29) is 12.5 Å². The molecule has 1 amide bonds. The van der Waals surface area contributed by atoms with Crippen molar-refractivity contribution < 1.29 is 19.4 Å². The van der Waals surface area contributed by atoms with Gasteiger partial charge < -0.3 is 19.7 Å². The number of nitrogens with zero attached hydrogens (tertiary/aromatic N) is 1. The van der Waals surface area contributed by atoms with E-state index >= 15 is 0 Å². The van der Waals surface area contributed by atoms with E-state index < -0.39 is 11.4 Å². The van der Waals surface area contributed by atoms with E-state index in [1.165, 1.54) is 0 Å². The number of hydrogen-bond donors (Lipinski definition) is 2. The summed E-state index contributed by atoms with van der Waals surface area (Å²) in [6.07, 6.45) is 2.61. The first-order valence-corrected chi connectivity index (χ1v) is 7.15. The molecule has 1 fully saturated rings. The number of aromatic nitrogens is 1. The van der Waals surface area contributed by atoms with Gasteiger partial charge in [-0.25, -0.2) is 0 Å². The van der Waals surface area contributed by atoms with Gasteiger partial charge in [0.05, 0.1) is 5.41 Å². The first-order valence-electron chi connectivity index (χ1n) is 6.36. The zero-order chi connectivity index (χ0) is 14.8. The molecule has 2 heterocycles. The lowest BCUT2D eigenvalue weighted by Crippen LogP contribution is -2.46. The lowest BCUT2D eigenvalue weighted by atomic mass is 9.80. The summed E-state index contributed by atoms with van der Waals surface area (Å²) in [6.45, 7) is 0.947. The smallest absolute Gasteiger partial charge is 0.311 e. The lowest BCUT2D eigenvalue weighted by molar-refractivity contribution is -0.154. The number of ether oxygens (including phenoxy) is 1. The van der Waals surface area contributed by atoms with Gasteiger partial charge in [0.1, 0.15) is 5.69 Å². The second kappa shape index (κ2) is 5.97. The van der Waals surface area contributed by atoms with Crippen molar-refractivity contribution in [2.24, 2.45) is 12.5 Å². The quantitative estimate of drug-likeness (QED) is 0.865. The Balaban J connectivity index is 2.04. The number of amides is 1. The van der Waals surface area contributed by atoms with Crippen molar-refractivity contribution in [2.75, 3.05) is 19.8 Å². The maximum absolute atomic E-state index is 12.1. The third-order valence-electron chi connectivity index (χ3n) is 3.70. The number of carbonyl (C=O) groups excluding carboxylic acids is 1. The minimum atomic E-state index is -0.920. The highest BCUT2D eigenvalue weighted by molar-refractivity contribution is 9.10. The van der Waals surface area contributed by atoms with E-state index in [9.17, 15) is 14.7 Å². The summed E-state index contributed by atoms with van der Waals surface area (Å²) in [5.74, 6) is -1.15. The molecule has 7 heteroatoms. The van der Waals surface area contributed by atoms with Crippen LogP contribution >= 0.6 is 15.9 Å². The zero-order valence-corrected chi connectivity index (χ0v) is 12.8. The molecule has 0 radical (unpaired) electrons. The van der Waals surface area contributed by atoms with Gasteiger partial charge in [0.2, 0.25) is 0 Å². The highest BCUT2D eigenvalue weighted by Crippen LogP contribution is 2.30. The average molecular weight is 345 g/mol. The van der Waals surface area contributed by atoms with Gasteiger partial charge in [-0.1, -0.05) is 0 Å². The number of hydrogen-bond acceptors (Lipinski definition) is 3. The number of carboxylic acids is 1. The molecule has 6 nitrogen and oxygen atoms in total. The summed E-state index contributed by atoms with van der Waals surface area (Å²) in [4.78, 5) is 23.6. The summed E-state index contributed by atoms with van der Waals surface area (Å²) in [6, 6.07) is 1.70. The number of aryl methyl sites for hydroxylation is 1. The monoisotopic (exact) mass is 344 g/mol. The number of halogens is 1. The molecule has 0 aliphatic carbocycles. The molecular formula is C13H17BrN2O4. The van der Waals surface area contributed by atoms with Crippen molar-refractivity contribution in [3.63, 3.8) is 0 Å². The minimum absolute atomic E-state index is 0.118. The van der Waals surface area contributed by atoms with E-state index in [1.54, 1.807) is 23.9 Å². The van der Waals surface area contributed by atoms with Crippen molar-refractivity contribution in [1.29, 1.82) is 0 Å². The normalized spacial score (nSPS) is 17.7. The fourth-order valence-electron chi connectivity index (χ4n) is 2.32. The predicted molar refractivity (Wildman–Crippen MR) is 75.6 cm³/mol. The molecule has 0 aromatic carbocycles. The molecule has 2 rings (SSSR count). The van der Waals surface area contributed by atoms with Crippen molar-refractivity contribution in [1.82, 2.24) is 9.88 Å². The molecule has 1 aliphatic heterocycles. The van der Waals surface area contributed by atoms with Gasteiger partial charge in [-0.05, 0) is 34.8 Å². The SMILES string of the molecule is Cn1cc(Br)cc1C(=O)NCC1(C(=O)O)CCOCC1. The Morgan fingerprint density at radius 2 is 2.15 bits per heavy atom. The third-order valence-corrected chi connectivity index (χ3v) is 4.13. The number of aliphatic carboxylic acids is 1. The van der Waals surface area contributed by atoms with Gasteiger partial charge >= 0.3 is 5.97 Å². The van der Waals surface area contributed by atoms with Crippen LogP contribution in [0.1, 0.15) is 23.3 Å². The molecule has 1 aromatic heterocycles. The first kappa shape index (κ1) is 15.1. The molecular weight excluding hydrogens is 328 g/mol. The van der Waals surface area contributed by atoms with Crippen molar-refractivity contribution >= 4 is 27.8 Å². The average Bonchev–Trinajstić information content (AvgIpc) is 2.76. The number of nitrogens with one attached hydrogen (secondary N) is 1. The van der Waals surface area contributed by atoms with Gasteiger partial charge in [0, 0.05) is 37.5 Å². The Bertz CT molecular complexity index is 520. The molecule has 0 saturated carbocycles. The Labute approximate surface area is 125 Å². The second-order valence-electron chi connectivity index (χ2n) is 5.03. The highest BCUT2D eigenvalue weighted by Gasteiger charge is 2.40. The van der Waals surface area contributed by atoms with E-state index in [2.05, 4.69) is 21.2 Å². The molecule has 20 heavy (non-hydrogen) atoms. The summed E-state index contributed by atoms with van der Waals surface area (Å²) >= 11 is 3.30. The van der Waals surface area contributed by atoms with Gasteiger partial charge in [0.15, 0.2) is 0 Å². The first-order chi connectivity index (χ1) is 9.44. The predicted octanol–water partition coefficient (Wildman–Crippen LogP) is 1.40. The number of carboxylic acid groups (broad SMARTS) is 1. The van der Waals surface area contributed by atoms with Crippen LogP contribution in [0.2, 0.25) is 0 Å². The van der Waals surface area contributed by atoms with Crippen LogP contribution in [0.25, 0.3) is 0 Å². The van der Waals surface area contributed by atoms with Crippen LogP contribution in [-0.4, -0.2) is 41.3 Å². The van der Waals surface area contributed by atoms with Crippen LogP contribution < -0.4 is 5.32 Å². The Morgan fingerprint density at radius 3 is 2.65 bits per heavy atom. The molecule has 1 aromatic rings. The summed E-state index contributed by atoms with van der Waals surface area (Å²) < 4.78 is 7.70. The van der Waals surface area contributed by atoms with Crippen LogP contribution in [0.15, 0.2) is 16.7 Å². The largest absolute Gasteiger partial charge is 0.481 e. The maximum Gasteiger partial charge on any atom is 0.311 e. The van der Waals surface area contributed by atoms with Crippen LogP contribution in [0.5, 0.6) is 0 Å². The van der Waals surface area contributed by atoms with Crippen LogP contribution in [-0.2, 0) is 16.6 Å². The van der Waals surface area contributed by atoms with Crippen LogP contribution in [0, 0.1) is 5.41 Å². The number of rotatable bonds is 4. The highest BCUT2D eigenvalue weighted by atomic mass is 79.9. The summed E-state index contributed by atoms with van der Waals surface area (Å²) in [7, 11) is 1.76. The van der Waals surface area contributed by atoms with E-state index in [1.807, 2.05) is 0 Å². The van der Waals surface area contributed by atoms with Crippen LogP contribution in [0.3, 0.4) is 0 Å². The van der Waals surface area contributed by atoms with Crippen molar-refractivity contribution in [2.45, 2.75) is 12.8 Å². The fourth-order valence-corrected chi connectivity index (χ4v) is 2.84. The Kier molecular flexibility index (Phi) is 4.49. The summed E-state index contributed by atoms with van der Waals surface area (Å²) in [5, 5.41) is 12.1. The minimum Gasteiger partial charge on any atom is -0.481 e. The number of carbonyl (C=O) groups is 2. The topological polar surface area (TPSA) is 80.6 Å².